The number of hydrogen-bond acceptors (Lipinski definition) is 1. The quantitative estimate of drug-likeness (QED) is 0.659. The second kappa shape index (κ2) is 3.76. The molecule has 0 aromatic heterocycles. The van der Waals surface area contributed by atoms with E-state index in [-0.39, 0.29) is 0 Å². The lowest BCUT2D eigenvalue weighted by Gasteiger charge is -2.14. The van der Waals surface area contributed by atoms with Crippen LogP contribution in [0.15, 0.2) is 30.3 Å². The summed E-state index contributed by atoms with van der Waals surface area (Å²) in [6, 6.07) is 8.90. The molecule has 1 radical (unpaired) electrons. The van der Waals surface area contributed by atoms with Gasteiger partial charge in [-0.25, -0.2) is 9.90 Å². The van der Waals surface area contributed by atoms with Crippen molar-refractivity contribution >= 4 is 11.8 Å². The van der Waals surface area contributed by atoms with Crippen LogP contribution in [-0.2, 0) is 5.11 Å². The monoisotopic (exact) mass is 164 g/mol. The van der Waals surface area contributed by atoms with E-state index in [2.05, 4.69) is 0 Å². The first-order valence-electron chi connectivity index (χ1n) is 3.79. The largest absolute Gasteiger partial charge is 0.457 e. The summed E-state index contributed by atoms with van der Waals surface area (Å²) >= 11 is 0. The maximum Gasteiger partial charge on any atom is 0.457 e. The molecular formula is C9H10NO2. The fourth-order valence-electron chi connectivity index (χ4n) is 1.03. The SMILES string of the molecule is CCN(C([O])=O)c1ccccc1. The van der Waals surface area contributed by atoms with E-state index >= 15 is 0 Å². The highest BCUT2D eigenvalue weighted by Gasteiger charge is 2.12. The van der Waals surface area contributed by atoms with Crippen molar-refractivity contribution in [3.8, 4) is 0 Å². The molecule has 1 aromatic rings. The third-order valence-corrected chi connectivity index (χ3v) is 1.60. The zero-order valence-electron chi connectivity index (χ0n) is 6.86. The predicted octanol–water partition coefficient (Wildman–Crippen LogP) is 2.06. The maximum absolute atomic E-state index is 10.5. The molecule has 0 saturated carbocycles. The lowest BCUT2D eigenvalue weighted by molar-refractivity contribution is 0.177. The molecule has 1 rings (SSSR count). The molecule has 1 amide bonds. The third-order valence-electron chi connectivity index (χ3n) is 1.60. The Morgan fingerprint density at radius 3 is 2.33 bits per heavy atom. The predicted molar refractivity (Wildman–Crippen MR) is 45.5 cm³/mol. The van der Waals surface area contributed by atoms with Gasteiger partial charge in [-0.3, -0.25) is 4.90 Å². The third kappa shape index (κ3) is 1.75. The summed E-state index contributed by atoms with van der Waals surface area (Å²) in [6.07, 6.45) is -1.16. The summed E-state index contributed by atoms with van der Waals surface area (Å²) in [4.78, 5) is 11.7. The molecule has 0 N–H and O–H groups in total. The zero-order valence-corrected chi connectivity index (χ0v) is 6.86. The first-order chi connectivity index (χ1) is 5.75. The fourth-order valence-corrected chi connectivity index (χ4v) is 1.03. The van der Waals surface area contributed by atoms with Crippen LogP contribution in [0.5, 0.6) is 0 Å². The molecule has 63 valence electrons. The molecule has 3 nitrogen and oxygen atoms in total. The average Bonchev–Trinajstić information content (AvgIpc) is 2.07. The van der Waals surface area contributed by atoms with Crippen molar-refractivity contribution in [3.05, 3.63) is 30.3 Å². The van der Waals surface area contributed by atoms with Gasteiger partial charge in [0.1, 0.15) is 0 Å². The Morgan fingerprint density at radius 1 is 1.33 bits per heavy atom. The van der Waals surface area contributed by atoms with Crippen molar-refractivity contribution in [2.45, 2.75) is 6.92 Å². The van der Waals surface area contributed by atoms with Gasteiger partial charge in [0.25, 0.3) is 0 Å². The lowest BCUT2D eigenvalue weighted by Crippen LogP contribution is -2.27. The molecule has 1 aromatic carbocycles. The Morgan fingerprint density at radius 2 is 1.92 bits per heavy atom. The van der Waals surface area contributed by atoms with Crippen LogP contribution in [0.3, 0.4) is 0 Å². The van der Waals surface area contributed by atoms with Gasteiger partial charge in [0, 0.05) is 12.2 Å². The van der Waals surface area contributed by atoms with Crippen LogP contribution >= 0.6 is 0 Å². The zero-order chi connectivity index (χ0) is 8.97. The van der Waals surface area contributed by atoms with Gasteiger partial charge in [-0.1, -0.05) is 18.2 Å². The normalized spacial score (nSPS) is 9.42. The highest BCUT2D eigenvalue weighted by molar-refractivity contribution is 5.85. The Hall–Kier alpha value is -1.51. The Labute approximate surface area is 71.2 Å². The first kappa shape index (κ1) is 8.59. The van der Waals surface area contributed by atoms with E-state index in [1.807, 2.05) is 6.07 Å². The van der Waals surface area contributed by atoms with Crippen molar-refractivity contribution in [2.75, 3.05) is 11.4 Å². The van der Waals surface area contributed by atoms with Crippen LogP contribution in [0.1, 0.15) is 6.92 Å². The van der Waals surface area contributed by atoms with Crippen molar-refractivity contribution < 1.29 is 9.90 Å². The van der Waals surface area contributed by atoms with E-state index in [4.69, 9.17) is 0 Å². The summed E-state index contributed by atoms with van der Waals surface area (Å²) in [5.74, 6) is 0. The molecule has 0 aliphatic carbocycles. The molecule has 3 heteroatoms. The number of hydrogen-bond donors (Lipinski definition) is 0. The standard InChI is InChI=1S/C9H10NO2/c1-2-10(9(11)12)8-6-4-3-5-7-8/h3-7H,2H2,1H3. The molecule has 0 aliphatic rings. The second-order valence-electron chi connectivity index (χ2n) is 2.35. The molecule has 0 fully saturated rings. The molecule has 0 bridgehead atoms. The van der Waals surface area contributed by atoms with E-state index < -0.39 is 6.09 Å². The van der Waals surface area contributed by atoms with Gasteiger partial charge in [0.05, 0.1) is 0 Å². The number of carbonyl (C=O) groups is 1. The summed E-state index contributed by atoms with van der Waals surface area (Å²) < 4.78 is 0. The van der Waals surface area contributed by atoms with E-state index in [1.54, 1.807) is 31.2 Å². The van der Waals surface area contributed by atoms with Gasteiger partial charge in [-0.15, -0.1) is 0 Å². The van der Waals surface area contributed by atoms with E-state index in [0.717, 1.165) is 0 Å². The summed E-state index contributed by atoms with van der Waals surface area (Å²) in [7, 11) is 0. The Kier molecular flexibility index (Phi) is 2.69. The van der Waals surface area contributed by atoms with Gasteiger partial charge < -0.3 is 0 Å². The van der Waals surface area contributed by atoms with Crippen LogP contribution in [0, 0.1) is 0 Å². The molecule has 0 unspecified atom stereocenters. The minimum absolute atomic E-state index is 0.409. The van der Waals surface area contributed by atoms with Gasteiger partial charge in [0.2, 0.25) is 0 Å². The number of nitrogens with zero attached hydrogens (tertiary/aromatic N) is 1. The molecular weight excluding hydrogens is 154 g/mol. The molecule has 0 atom stereocenters. The first-order valence-corrected chi connectivity index (χ1v) is 3.79. The maximum atomic E-state index is 10.5. The molecule has 0 spiro atoms. The van der Waals surface area contributed by atoms with Gasteiger partial charge in [-0.2, -0.15) is 0 Å². The summed E-state index contributed by atoms with van der Waals surface area (Å²) in [5, 5.41) is 10.5. The Balaban J connectivity index is 2.88. The number of para-hydroxylation sites is 1. The van der Waals surface area contributed by atoms with Crippen molar-refractivity contribution in [2.24, 2.45) is 0 Å². The highest BCUT2D eigenvalue weighted by atomic mass is 16.4. The fraction of sp³-hybridized carbons (Fsp3) is 0.222. The number of carbonyl (C=O) groups excluding carboxylic acids is 1. The van der Waals surface area contributed by atoms with Crippen LogP contribution in [-0.4, -0.2) is 12.6 Å². The van der Waals surface area contributed by atoms with Crippen LogP contribution in [0.25, 0.3) is 0 Å². The van der Waals surface area contributed by atoms with E-state index in [9.17, 15) is 9.90 Å². The highest BCUT2D eigenvalue weighted by Crippen LogP contribution is 2.12. The number of anilines is 1. The molecule has 0 aliphatic heterocycles. The van der Waals surface area contributed by atoms with Crippen LogP contribution < -0.4 is 4.90 Å². The lowest BCUT2D eigenvalue weighted by atomic mass is 10.3. The Bertz CT molecular complexity index is 258. The van der Waals surface area contributed by atoms with Gasteiger partial charge in [-0.05, 0) is 19.1 Å². The van der Waals surface area contributed by atoms with Crippen molar-refractivity contribution in [1.82, 2.24) is 0 Å². The van der Waals surface area contributed by atoms with Crippen LogP contribution in [0.4, 0.5) is 10.5 Å². The minimum atomic E-state index is -1.16. The van der Waals surface area contributed by atoms with E-state index in [0.29, 0.717) is 12.2 Å². The van der Waals surface area contributed by atoms with Crippen molar-refractivity contribution in [3.63, 3.8) is 0 Å². The topological polar surface area (TPSA) is 40.2 Å². The second-order valence-corrected chi connectivity index (χ2v) is 2.35. The van der Waals surface area contributed by atoms with Crippen molar-refractivity contribution in [1.29, 1.82) is 0 Å². The minimum Gasteiger partial charge on any atom is -0.275 e. The van der Waals surface area contributed by atoms with Gasteiger partial charge >= 0.3 is 6.09 Å². The average molecular weight is 164 g/mol. The number of benzene rings is 1. The molecule has 12 heavy (non-hydrogen) atoms. The molecule has 0 saturated heterocycles. The van der Waals surface area contributed by atoms with E-state index in [1.165, 1.54) is 4.90 Å². The smallest absolute Gasteiger partial charge is 0.275 e. The number of rotatable bonds is 2. The number of amides is 1. The molecule has 0 heterocycles. The summed E-state index contributed by atoms with van der Waals surface area (Å²) in [6.45, 7) is 2.18. The van der Waals surface area contributed by atoms with Gasteiger partial charge in [0.15, 0.2) is 0 Å². The summed E-state index contributed by atoms with van der Waals surface area (Å²) in [5.41, 5.74) is 0.653. The van der Waals surface area contributed by atoms with Crippen LogP contribution in [0.2, 0.25) is 0 Å².